The zero-order valence-corrected chi connectivity index (χ0v) is 16.3. The number of hydrogen-bond acceptors (Lipinski definition) is 3. The average molecular weight is 381 g/mol. The molecule has 2 atom stereocenters. The van der Waals surface area contributed by atoms with Gasteiger partial charge in [-0.25, -0.2) is 0 Å². The predicted molar refractivity (Wildman–Crippen MR) is 113 cm³/mol. The fourth-order valence-corrected chi connectivity index (χ4v) is 5.10. The minimum absolute atomic E-state index is 0.115. The van der Waals surface area contributed by atoms with E-state index in [0.717, 1.165) is 32.6 Å². The van der Waals surface area contributed by atoms with Crippen LogP contribution in [0.1, 0.15) is 29.2 Å². The zero-order chi connectivity index (χ0) is 19.8. The van der Waals surface area contributed by atoms with Crippen LogP contribution in [0.25, 0.3) is 11.1 Å². The van der Waals surface area contributed by atoms with Crippen molar-refractivity contribution in [1.29, 1.82) is 5.26 Å². The maximum Gasteiger partial charge on any atom is 0.250 e. The Hall–Kier alpha value is -3.16. The quantitative estimate of drug-likeness (QED) is 0.689. The van der Waals surface area contributed by atoms with E-state index in [-0.39, 0.29) is 5.56 Å². The van der Waals surface area contributed by atoms with Gasteiger partial charge in [0.25, 0.3) is 5.56 Å². The smallest absolute Gasteiger partial charge is 0.250 e. The lowest BCUT2D eigenvalue weighted by molar-refractivity contribution is 0.115. The van der Waals surface area contributed by atoms with Gasteiger partial charge in [-0.3, -0.25) is 9.69 Å². The van der Waals surface area contributed by atoms with Crippen LogP contribution in [-0.4, -0.2) is 22.6 Å². The molecule has 2 aromatic carbocycles. The largest absolute Gasteiger partial charge is 0.311 e. The Morgan fingerprint density at radius 1 is 0.966 bits per heavy atom. The summed E-state index contributed by atoms with van der Waals surface area (Å²) >= 11 is 0. The number of nitriles is 1. The lowest BCUT2D eigenvalue weighted by Crippen LogP contribution is -2.47. The number of aromatic nitrogens is 1. The highest BCUT2D eigenvalue weighted by atomic mass is 16.1. The summed E-state index contributed by atoms with van der Waals surface area (Å²) in [6.45, 7) is 3.58. The second-order valence-electron chi connectivity index (χ2n) is 8.25. The van der Waals surface area contributed by atoms with E-state index in [1.807, 2.05) is 34.9 Å². The van der Waals surface area contributed by atoms with Crippen LogP contribution in [0.2, 0.25) is 0 Å². The lowest BCUT2D eigenvalue weighted by Gasteiger charge is -2.43. The maximum atomic E-state index is 12.6. The first kappa shape index (κ1) is 17.9. The van der Waals surface area contributed by atoms with Gasteiger partial charge in [-0.05, 0) is 41.7 Å². The van der Waals surface area contributed by atoms with Crippen molar-refractivity contribution in [3.05, 3.63) is 93.9 Å². The van der Waals surface area contributed by atoms with Gasteiger partial charge in [-0.15, -0.1) is 0 Å². The topological polar surface area (TPSA) is 49.0 Å². The number of pyridine rings is 1. The molecule has 3 heterocycles. The van der Waals surface area contributed by atoms with Crippen LogP contribution >= 0.6 is 0 Å². The zero-order valence-electron chi connectivity index (χ0n) is 16.3. The second kappa shape index (κ2) is 7.35. The van der Waals surface area contributed by atoms with E-state index in [9.17, 15) is 10.1 Å². The van der Waals surface area contributed by atoms with Crippen molar-refractivity contribution in [3.63, 3.8) is 0 Å². The number of nitrogens with zero attached hydrogens (tertiary/aromatic N) is 3. The van der Waals surface area contributed by atoms with Gasteiger partial charge in [0.1, 0.15) is 0 Å². The summed E-state index contributed by atoms with van der Waals surface area (Å²) in [5.74, 6) is 0.842. The molecule has 1 aromatic heterocycles. The number of rotatable bonds is 3. The van der Waals surface area contributed by atoms with Crippen LogP contribution in [0, 0.1) is 17.2 Å². The molecule has 5 rings (SSSR count). The van der Waals surface area contributed by atoms with Crippen molar-refractivity contribution >= 4 is 0 Å². The van der Waals surface area contributed by atoms with Crippen LogP contribution < -0.4 is 5.56 Å². The van der Waals surface area contributed by atoms with Crippen LogP contribution in [-0.2, 0) is 13.1 Å². The Kier molecular flexibility index (Phi) is 4.54. The highest BCUT2D eigenvalue weighted by Crippen LogP contribution is 2.40. The summed E-state index contributed by atoms with van der Waals surface area (Å²) in [5, 5.41) is 9.18. The molecule has 1 fully saturated rings. The van der Waals surface area contributed by atoms with Gasteiger partial charge in [0.15, 0.2) is 0 Å². The molecule has 4 nitrogen and oxygen atoms in total. The molecule has 4 heteroatoms. The summed E-state index contributed by atoms with van der Waals surface area (Å²) < 4.78 is 2.02. The van der Waals surface area contributed by atoms with Gasteiger partial charge < -0.3 is 4.57 Å². The van der Waals surface area contributed by atoms with Crippen LogP contribution in [0.4, 0.5) is 0 Å². The summed E-state index contributed by atoms with van der Waals surface area (Å²) in [6.07, 6.45) is 1.14. The van der Waals surface area contributed by atoms with Crippen LogP contribution in [0.3, 0.4) is 0 Å². The molecular formula is C25H23N3O. The molecule has 0 amide bonds. The Morgan fingerprint density at radius 3 is 2.66 bits per heavy atom. The van der Waals surface area contributed by atoms with Gasteiger partial charge in [-0.2, -0.15) is 5.26 Å². The summed E-state index contributed by atoms with van der Waals surface area (Å²) in [4.78, 5) is 15.1. The molecule has 29 heavy (non-hydrogen) atoms. The molecule has 0 aliphatic carbocycles. The highest BCUT2D eigenvalue weighted by molar-refractivity contribution is 5.67. The fraction of sp³-hybridized carbons (Fsp3) is 0.280. The van der Waals surface area contributed by atoms with Crippen LogP contribution in [0.5, 0.6) is 0 Å². The molecule has 144 valence electrons. The molecule has 0 unspecified atom stereocenters. The maximum absolute atomic E-state index is 12.6. The van der Waals surface area contributed by atoms with E-state index < -0.39 is 0 Å². The molecule has 0 saturated carbocycles. The van der Waals surface area contributed by atoms with Gasteiger partial charge in [0.05, 0.1) is 11.6 Å². The summed E-state index contributed by atoms with van der Waals surface area (Å²) in [5.41, 5.74) is 5.55. The van der Waals surface area contributed by atoms with Crippen molar-refractivity contribution in [2.45, 2.75) is 25.4 Å². The van der Waals surface area contributed by atoms with Crippen molar-refractivity contribution in [1.82, 2.24) is 9.47 Å². The van der Waals surface area contributed by atoms with Crippen molar-refractivity contribution in [2.24, 2.45) is 5.92 Å². The molecule has 0 N–H and O–H groups in total. The lowest BCUT2D eigenvalue weighted by atomic mass is 9.80. The Morgan fingerprint density at radius 2 is 1.83 bits per heavy atom. The molecule has 0 spiro atoms. The average Bonchev–Trinajstić information content (AvgIpc) is 2.75. The first-order chi connectivity index (χ1) is 14.2. The Bertz CT molecular complexity index is 1140. The standard InChI is InChI=1S/C25H23N3O/c26-13-18-5-4-6-19(11-18)14-27-15-20-12-22(17-27)25-23(21-7-2-1-3-8-21)9-10-24(29)28(25)16-20/h1-11,20,22H,12,14-17H2/t20-,22+/m0/s1. The molecule has 1 saturated heterocycles. The highest BCUT2D eigenvalue weighted by Gasteiger charge is 2.36. The van der Waals surface area contributed by atoms with E-state index in [4.69, 9.17) is 0 Å². The molecule has 0 radical (unpaired) electrons. The predicted octanol–water partition coefficient (Wildman–Crippen LogP) is 4.01. The molecule has 2 aliphatic heterocycles. The van der Waals surface area contributed by atoms with Crippen molar-refractivity contribution in [3.8, 4) is 17.2 Å². The van der Waals surface area contributed by atoms with E-state index in [1.165, 1.54) is 22.4 Å². The molecular weight excluding hydrogens is 358 g/mol. The third kappa shape index (κ3) is 3.39. The van der Waals surface area contributed by atoms with Gasteiger partial charge >= 0.3 is 0 Å². The van der Waals surface area contributed by atoms with E-state index in [0.29, 0.717) is 17.4 Å². The summed E-state index contributed by atoms with van der Waals surface area (Å²) in [7, 11) is 0. The summed E-state index contributed by atoms with van der Waals surface area (Å²) in [6, 6.07) is 24.2. The number of fused-ring (bicyclic) bond motifs is 4. The second-order valence-corrected chi connectivity index (χ2v) is 8.25. The van der Waals surface area contributed by atoms with Crippen molar-refractivity contribution < 1.29 is 0 Å². The minimum atomic E-state index is 0.115. The fourth-order valence-electron chi connectivity index (χ4n) is 5.10. The van der Waals surface area contributed by atoms with Gasteiger partial charge in [0, 0.05) is 49.4 Å². The van der Waals surface area contributed by atoms with Gasteiger partial charge in [-0.1, -0.05) is 42.5 Å². The third-order valence-electron chi connectivity index (χ3n) is 6.21. The number of hydrogen-bond donors (Lipinski definition) is 0. The Labute approximate surface area is 170 Å². The normalized spacial score (nSPS) is 20.7. The van der Waals surface area contributed by atoms with Gasteiger partial charge in [0.2, 0.25) is 0 Å². The van der Waals surface area contributed by atoms with E-state index in [2.05, 4.69) is 41.3 Å². The molecule has 2 aliphatic rings. The van der Waals surface area contributed by atoms with E-state index >= 15 is 0 Å². The van der Waals surface area contributed by atoms with E-state index in [1.54, 1.807) is 6.07 Å². The number of benzene rings is 2. The first-order valence-electron chi connectivity index (χ1n) is 10.2. The van der Waals surface area contributed by atoms with Crippen LogP contribution in [0.15, 0.2) is 71.5 Å². The number of piperidine rings is 1. The monoisotopic (exact) mass is 381 g/mol. The molecule has 3 aromatic rings. The number of likely N-dealkylation sites (tertiary alicyclic amines) is 1. The van der Waals surface area contributed by atoms with Crippen molar-refractivity contribution in [2.75, 3.05) is 13.1 Å². The Balaban J connectivity index is 1.49. The minimum Gasteiger partial charge on any atom is -0.311 e. The first-order valence-corrected chi connectivity index (χ1v) is 10.2. The third-order valence-corrected chi connectivity index (χ3v) is 6.21. The molecule has 2 bridgehead atoms. The SMILES string of the molecule is N#Cc1cccc(CN2C[C@@H]3C[C@H](C2)c2c(-c4ccccc4)ccc(=O)n2C3)c1.